The minimum atomic E-state index is -1.33. The maximum absolute atomic E-state index is 13.0. The Morgan fingerprint density at radius 3 is 1.05 bits per heavy atom. The second kappa shape index (κ2) is 40.5. The highest BCUT2D eigenvalue weighted by Crippen LogP contribution is 2.45. The molecule has 111 heavy (non-hydrogen) atoms. The topological polar surface area (TPSA) is 315 Å². The number of rotatable bonds is 32. The summed E-state index contributed by atoms with van der Waals surface area (Å²) in [6, 6.07) is 47.0. The third-order valence-corrected chi connectivity index (χ3v) is 22.7. The van der Waals surface area contributed by atoms with Gasteiger partial charge in [-0.05, 0) is 70.0 Å². The first-order chi connectivity index (χ1) is 53.6. The Labute approximate surface area is 650 Å². The third kappa shape index (κ3) is 21.7. The number of nitrogens with zero attached hydrogens (tertiary/aromatic N) is 6. The van der Waals surface area contributed by atoms with Crippen molar-refractivity contribution in [1.82, 2.24) is 0 Å². The molecule has 0 N–H and O–H groups in total. The molecule has 5 aromatic rings. The van der Waals surface area contributed by atoms with Crippen LogP contribution in [-0.2, 0) is 132 Å². The summed E-state index contributed by atoms with van der Waals surface area (Å²) < 4.78 is 121. The van der Waals surface area contributed by atoms with Crippen LogP contribution in [0, 0.1) is 47.3 Å². The number of benzene rings is 5. The molecule has 0 bridgehead atoms. The van der Waals surface area contributed by atoms with Crippen molar-refractivity contribution in [3.63, 3.8) is 0 Å². The molecule has 0 aliphatic carbocycles. The monoisotopic (exact) mass is 1540 g/mol. The van der Waals surface area contributed by atoms with E-state index in [1.807, 2.05) is 195 Å². The van der Waals surface area contributed by atoms with Gasteiger partial charge in [-0.3, -0.25) is 14.4 Å². The molecule has 6 saturated heterocycles. The Morgan fingerprint density at radius 2 is 0.649 bits per heavy atom. The molecular weight excluding hydrogens is 1430 g/mol. The number of azide groups is 2. The largest absolute Gasteiger partial charge is 0.463 e. The molecule has 6 heterocycles. The summed E-state index contributed by atoms with van der Waals surface area (Å²) in [4.78, 5) is 44.9. The lowest BCUT2D eigenvalue weighted by molar-refractivity contribution is -0.371. The predicted molar refractivity (Wildman–Crippen MR) is 403 cm³/mol. The van der Waals surface area contributed by atoms with Gasteiger partial charge in [-0.15, -0.1) is 0 Å². The Bertz CT molecular complexity index is 3800. The molecule has 27 nitrogen and oxygen atoms in total. The minimum absolute atomic E-state index is 0.0727. The summed E-state index contributed by atoms with van der Waals surface area (Å²) in [5.74, 6) is -5.00. The fourth-order valence-electron chi connectivity index (χ4n) is 16.3. The van der Waals surface area contributed by atoms with Crippen LogP contribution >= 0.6 is 0 Å². The van der Waals surface area contributed by atoms with Gasteiger partial charge in [-0.25, -0.2) is 0 Å². The highest BCUT2D eigenvalue weighted by atomic mass is 16.8. The van der Waals surface area contributed by atoms with Crippen molar-refractivity contribution in [3.8, 4) is 0 Å². The quantitative estimate of drug-likeness (QED) is 0.0127. The molecule has 0 aromatic heterocycles. The SMILES string of the molecule is CO[C@@H]1OC(COC(C)=O)[C@@H](O[C@@H]2OC(C)[C@H](O[C@@H]3OC(COC(C)=O)[C@@H](O[C@@H]4OC(Cc5ccccc5)C(O[C@@H]5OC(COC(C)=O)[C@@H](O[C@@H]6OC(Cc7ccccc7)[C@@H](C)[C@@H](OCc7ccccc7)C6C)[C@H](C)C5N=[N+]=[N-])[C@@H](OCc5ccccc5)C4C)[C@H](C)C3N=[N+]=[N-])[C@@H](OCc3ccccc3)C2C)[C@H](C)C1C. The van der Waals surface area contributed by atoms with E-state index in [2.05, 4.69) is 39.1 Å². The summed E-state index contributed by atoms with van der Waals surface area (Å²) in [5.41, 5.74) is 25.8. The van der Waals surface area contributed by atoms with Crippen LogP contribution in [0.4, 0.5) is 0 Å². The molecule has 30 atom stereocenters. The Morgan fingerprint density at radius 1 is 0.333 bits per heavy atom. The summed E-state index contributed by atoms with van der Waals surface area (Å²) in [6.07, 6.45) is -16.7. The zero-order valence-electron chi connectivity index (χ0n) is 65.7. The summed E-state index contributed by atoms with van der Waals surface area (Å²) in [7, 11) is 1.57. The van der Waals surface area contributed by atoms with Gasteiger partial charge < -0.3 is 85.3 Å². The maximum Gasteiger partial charge on any atom is 0.302 e. The third-order valence-electron chi connectivity index (χ3n) is 22.7. The van der Waals surface area contributed by atoms with Crippen molar-refractivity contribution in [2.45, 2.75) is 251 Å². The van der Waals surface area contributed by atoms with E-state index in [9.17, 15) is 25.4 Å². The first-order valence-corrected chi connectivity index (χ1v) is 38.9. The van der Waals surface area contributed by atoms with Gasteiger partial charge in [0.25, 0.3) is 0 Å². The zero-order chi connectivity index (χ0) is 78.8. The fraction of sp³-hybridized carbons (Fsp3) is 0.607. The number of hydrogen-bond donors (Lipinski definition) is 0. The lowest BCUT2D eigenvalue weighted by atomic mass is 9.82. The van der Waals surface area contributed by atoms with Crippen molar-refractivity contribution in [1.29, 1.82) is 0 Å². The average Bonchev–Trinajstić information content (AvgIpc) is 0.767. The zero-order valence-corrected chi connectivity index (χ0v) is 65.7. The highest BCUT2D eigenvalue weighted by Gasteiger charge is 2.57. The molecule has 0 saturated carbocycles. The second-order valence-corrected chi connectivity index (χ2v) is 30.5. The van der Waals surface area contributed by atoms with Gasteiger partial charge in [0.05, 0.1) is 86.8 Å². The van der Waals surface area contributed by atoms with E-state index < -0.39 is 165 Å². The molecule has 6 aliphatic heterocycles. The first-order valence-electron chi connectivity index (χ1n) is 38.9. The van der Waals surface area contributed by atoms with Gasteiger partial charge in [-0.2, -0.15) is 0 Å². The van der Waals surface area contributed by atoms with Crippen LogP contribution in [0.5, 0.6) is 0 Å². The lowest BCUT2D eigenvalue weighted by Crippen LogP contribution is -2.64. The standard InChI is InChI=1S/C84H110N6O21/c1-47-48(2)79(94-13)104-66(44-95-56(10)91)72(47)107-80-53(7)75(99-42-62-35-25-17-26-36-62)77(55(9)101-80)110-83-69(87-89-85)50(4)74(67(105-83)45-96-57(11)92)109-82-54(8)76(100-43-63-37-27-18-28-38-63)78(65(103-82)40-60-31-21-15-22-32-60)111-84-70(88-90-86)51(5)73(68(106-84)46-97-58(12)93)108-81-52(6)71(98-41-61-33-23-16-24-34-61)49(3)64(102-81)39-59-29-19-14-20-30-59/h14-38,47-55,64-84H,39-46H2,1-13H3/t47-,48?,49-,50-,51-,52?,53?,54?,55?,64?,65?,66?,67?,68?,69?,70?,71-,72+,73+,74+,75+,76+,77+,78?,79-,80+,81+,82+,83+,84+/m1/s1. The number of ether oxygens (including phenoxy) is 18. The van der Waals surface area contributed by atoms with Gasteiger partial charge in [0.15, 0.2) is 37.7 Å². The van der Waals surface area contributed by atoms with E-state index in [0.29, 0.717) is 13.0 Å². The van der Waals surface area contributed by atoms with Crippen LogP contribution in [-0.4, -0.2) is 180 Å². The molecule has 6 aliphatic rings. The summed E-state index contributed by atoms with van der Waals surface area (Å²) in [5, 5.41) is 8.82. The summed E-state index contributed by atoms with van der Waals surface area (Å²) in [6.45, 7) is 21.6. The molecule has 11 rings (SSSR count). The van der Waals surface area contributed by atoms with Crippen LogP contribution in [0.2, 0.25) is 0 Å². The van der Waals surface area contributed by atoms with Crippen LogP contribution < -0.4 is 0 Å². The fourth-order valence-corrected chi connectivity index (χ4v) is 16.3. The van der Waals surface area contributed by atoms with E-state index in [4.69, 9.17) is 85.3 Å². The number of esters is 3. The van der Waals surface area contributed by atoms with E-state index in [-0.39, 0.29) is 75.3 Å². The van der Waals surface area contributed by atoms with Crippen molar-refractivity contribution in [3.05, 3.63) is 200 Å². The van der Waals surface area contributed by atoms with E-state index in [1.54, 1.807) is 7.11 Å². The molecule has 27 heteroatoms. The molecule has 602 valence electrons. The molecule has 5 aromatic carbocycles. The lowest BCUT2D eigenvalue weighted by Gasteiger charge is -2.52. The summed E-state index contributed by atoms with van der Waals surface area (Å²) >= 11 is 0. The van der Waals surface area contributed by atoms with E-state index in [0.717, 1.165) is 27.8 Å². The smallest absolute Gasteiger partial charge is 0.302 e. The number of carbonyl (C=O) groups is 3. The second-order valence-electron chi connectivity index (χ2n) is 30.5. The van der Waals surface area contributed by atoms with Crippen molar-refractivity contribution >= 4 is 17.9 Å². The van der Waals surface area contributed by atoms with Gasteiger partial charge in [0.1, 0.15) is 50.3 Å². The molecule has 0 amide bonds. The molecule has 0 spiro atoms. The van der Waals surface area contributed by atoms with E-state index >= 15 is 0 Å². The number of methoxy groups -OCH3 is 1. The predicted octanol–water partition coefficient (Wildman–Crippen LogP) is 13.3. The van der Waals surface area contributed by atoms with Gasteiger partial charge in [-0.1, -0.05) is 217 Å². The van der Waals surface area contributed by atoms with Crippen molar-refractivity contribution < 1.29 is 99.6 Å². The Balaban J connectivity index is 0.888. The number of hydrogen-bond acceptors (Lipinski definition) is 23. The first kappa shape index (κ1) is 84.4. The molecule has 0 radical (unpaired) electrons. The molecule has 6 fully saturated rings. The van der Waals surface area contributed by atoms with Gasteiger partial charge in [0, 0.05) is 73.7 Å². The molecular formula is C84H110N6O21. The normalized spacial score (nSPS) is 36.3. The minimum Gasteiger partial charge on any atom is -0.463 e. The van der Waals surface area contributed by atoms with Gasteiger partial charge >= 0.3 is 17.9 Å². The van der Waals surface area contributed by atoms with Crippen LogP contribution in [0.15, 0.2) is 162 Å². The average molecular weight is 1540 g/mol. The Hall–Kier alpha value is -7.47. The van der Waals surface area contributed by atoms with E-state index in [1.165, 1.54) is 20.8 Å². The van der Waals surface area contributed by atoms with Crippen LogP contribution in [0.1, 0.15) is 111 Å². The van der Waals surface area contributed by atoms with Crippen molar-refractivity contribution in [2.75, 3.05) is 26.9 Å². The highest BCUT2D eigenvalue weighted by molar-refractivity contribution is 5.66. The van der Waals surface area contributed by atoms with Crippen molar-refractivity contribution in [2.24, 2.45) is 57.6 Å². The van der Waals surface area contributed by atoms with Gasteiger partial charge in [0.2, 0.25) is 0 Å². The van der Waals surface area contributed by atoms with Crippen LogP contribution in [0.3, 0.4) is 0 Å². The Kier molecular flexibility index (Phi) is 30.8. The van der Waals surface area contributed by atoms with Crippen LogP contribution in [0.25, 0.3) is 20.9 Å². The maximum atomic E-state index is 13.0. The molecule has 13 unspecified atom stereocenters. The number of carbonyl (C=O) groups excluding carboxylic acids is 3.